The molecule has 0 saturated carbocycles. The van der Waals surface area contributed by atoms with E-state index in [4.69, 9.17) is 4.74 Å². The first-order valence-electron chi connectivity index (χ1n) is 10.9. The molecule has 0 atom stereocenters. The van der Waals surface area contributed by atoms with Gasteiger partial charge in [-0.15, -0.1) is 0 Å². The standard InChI is InChI=1S/C24H27N5O6S/c1-14-12-15(2)21(16(3)13-14)35-23-17(10-11-18(25-23)27-24(4,5)6)22(30)28-36(33,34)20-9-7-8-19(26-20)29(31)32/h7-13H,1-6H3,(H,25,27)(H,28,30). The van der Waals surface area contributed by atoms with E-state index in [-0.39, 0.29) is 17.0 Å². The molecule has 2 aromatic heterocycles. The van der Waals surface area contributed by atoms with Crippen molar-refractivity contribution < 1.29 is 22.9 Å². The van der Waals surface area contributed by atoms with E-state index >= 15 is 0 Å². The highest BCUT2D eigenvalue weighted by atomic mass is 32.2. The molecule has 2 heterocycles. The predicted molar refractivity (Wildman–Crippen MR) is 134 cm³/mol. The van der Waals surface area contributed by atoms with Crippen LogP contribution in [0.5, 0.6) is 11.6 Å². The van der Waals surface area contributed by atoms with Gasteiger partial charge < -0.3 is 20.2 Å². The minimum absolute atomic E-state index is 0.112. The van der Waals surface area contributed by atoms with Crippen molar-refractivity contribution in [1.82, 2.24) is 14.7 Å². The molecule has 36 heavy (non-hydrogen) atoms. The van der Waals surface area contributed by atoms with Crippen LogP contribution in [0.2, 0.25) is 0 Å². The molecule has 0 radical (unpaired) electrons. The van der Waals surface area contributed by atoms with E-state index in [2.05, 4.69) is 15.3 Å². The molecular weight excluding hydrogens is 486 g/mol. The van der Waals surface area contributed by atoms with Gasteiger partial charge in [-0.2, -0.15) is 13.4 Å². The SMILES string of the molecule is Cc1cc(C)c(Oc2nc(NC(C)(C)C)ccc2C(=O)NS(=O)(=O)c2cccc([N+](=O)[O-])n2)c(C)c1. The molecule has 2 N–H and O–H groups in total. The number of nitrogens with one attached hydrogen (secondary N) is 2. The van der Waals surface area contributed by atoms with Crippen molar-refractivity contribution in [3.63, 3.8) is 0 Å². The minimum atomic E-state index is -4.53. The maximum absolute atomic E-state index is 13.1. The number of pyridine rings is 2. The monoisotopic (exact) mass is 513 g/mol. The van der Waals surface area contributed by atoms with E-state index in [0.29, 0.717) is 11.6 Å². The number of ether oxygens (including phenoxy) is 1. The maximum Gasteiger partial charge on any atom is 0.364 e. The van der Waals surface area contributed by atoms with Crippen LogP contribution in [-0.2, 0) is 10.0 Å². The fourth-order valence-electron chi connectivity index (χ4n) is 3.45. The van der Waals surface area contributed by atoms with E-state index in [0.717, 1.165) is 34.9 Å². The number of hydrogen-bond donors (Lipinski definition) is 2. The Morgan fingerprint density at radius 3 is 2.25 bits per heavy atom. The lowest BCUT2D eigenvalue weighted by Gasteiger charge is -2.22. The Kier molecular flexibility index (Phi) is 7.30. The Morgan fingerprint density at radius 1 is 1.03 bits per heavy atom. The molecule has 11 nitrogen and oxygen atoms in total. The summed E-state index contributed by atoms with van der Waals surface area (Å²) in [5.41, 5.74) is 2.15. The van der Waals surface area contributed by atoms with Gasteiger partial charge in [-0.1, -0.05) is 17.7 Å². The highest BCUT2D eigenvalue weighted by Crippen LogP contribution is 2.32. The van der Waals surface area contributed by atoms with Crippen molar-refractivity contribution in [1.29, 1.82) is 0 Å². The topological polar surface area (TPSA) is 153 Å². The lowest BCUT2D eigenvalue weighted by atomic mass is 10.1. The predicted octanol–water partition coefficient (Wildman–Crippen LogP) is 4.43. The van der Waals surface area contributed by atoms with Gasteiger partial charge in [0.2, 0.25) is 5.88 Å². The van der Waals surface area contributed by atoms with Crippen LogP contribution in [0.15, 0.2) is 47.5 Å². The molecular formula is C24H27N5O6S. The second-order valence-electron chi connectivity index (χ2n) is 9.28. The molecule has 0 bridgehead atoms. The Hall–Kier alpha value is -4.06. The fraction of sp³-hybridized carbons (Fsp3) is 0.292. The van der Waals surface area contributed by atoms with Crippen molar-refractivity contribution in [3.8, 4) is 11.6 Å². The molecule has 0 saturated heterocycles. The summed E-state index contributed by atoms with van der Waals surface area (Å²) in [7, 11) is -4.53. The minimum Gasteiger partial charge on any atom is -0.438 e. The molecule has 0 aliphatic carbocycles. The Balaban J connectivity index is 2.03. The molecule has 0 spiro atoms. The first kappa shape index (κ1) is 26.5. The Bertz CT molecular complexity index is 1420. The number of carbonyl (C=O) groups is 1. The quantitative estimate of drug-likeness (QED) is 0.345. The third-order valence-corrected chi connectivity index (χ3v) is 6.04. The summed E-state index contributed by atoms with van der Waals surface area (Å²) in [6, 6.07) is 10.0. The first-order chi connectivity index (χ1) is 16.7. The normalized spacial score (nSPS) is 11.6. The van der Waals surface area contributed by atoms with Gasteiger partial charge in [0.05, 0.1) is 0 Å². The highest BCUT2D eigenvalue weighted by molar-refractivity contribution is 7.90. The van der Waals surface area contributed by atoms with Crippen molar-refractivity contribution in [2.75, 3.05) is 5.32 Å². The van der Waals surface area contributed by atoms with Gasteiger partial charge in [-0.05, 0) is 80.8 Å². The number of hydrogen-bond acceptors (Lipinski definition) is 9. The second kappa shape index (κ2) is 9.90. The van der Waals surface area contributed by atoms with E-state index < -0.39 is 31.7 Å². The lowest BCUT2D eigenvalue weighted by molar-refractivity contribution is -0.390. The average molecular weight is 514 g/mol. The number of nitro groups is 1. The largest absolute Gasteiger partial charge is 0.438 e. The van der Waals surface area contributed by atoms with E-state index in [1.807, 2.05) is 58.4 Å². The smallest absolute Gasteiger partial charge is 0.364 e. The zero-order chi connectivity index (χ0) is 26.8. The summed E-state index contributed by atoms with van der Waals surface area (Å²) in [5, 5.41) is 13.5. The number of rotatable bonds is 7. The summed E-state index contributed by atoms with van der Waals surface area (Å²) in [5.74, 6) is -0.911. The molecule has 0 fully saturated rings. The number of aryl methyl sites for hydroxylation is 3. The van der Waals surface area contributed by atoms with Crippen molar-refractivity contribution in [3.05, 3.63) is 74.8 Å². The fourth-order valence-corrected chi connectivity index (χ4v) is 4.38. The van der Waals surface area contributed by atoms with Crippen LogP contribution in [0.1, 0.15) is 47.8 Å². The van der Waals surface area contributed by atoms with Crippen LogP contribution in [-0.4, -0.2) is 34.8 Å². The van der Waals surface area contributed by atoms with Crippen molar-refractivity contribution >= 4 is 27.6 Å². The maximum atomic E-state index is 13.1. The van der Waals surface area contributed by atoms with E-state index in [9.17, 15) is 23.3 Å². The summed E-state index contributed by atoms with van der Waals surface area (Å²) in [6.45, 7) is 11.4. The highest BCUT2D eigenvalue weighted by Gasteiger charge is 2.28. The van der Waals surface area contributed by atoms with Gasteiger partial charge in [0.25, 0.3) is 10.9 Å². The molecule has 3 aromatic rings. The number of nitrogens with zero attached hydrogens (tertiary/aromatic N) is 3. The molecule has 0 aliphatic heterocycles. The van der Waals surface area contributed by atoms with Gasteiger partial charge in [-0.3, -0.25) is 4.79 Å². The molecule has 3 rings (SSSR count). The molecule has 0 unspecified atom stereocenters. The molecule has 0 aliphatic rings. The number of aromatic nitrogens is 2. The van der Waals surface area contributed by atoms with Crippen LogP contribution < -0.4 is 14.8 Å². The molecule has 190 valence electrons. The van der Waals surface area contributed by atoms with Crippen molar-refractivity contribution in [2.45, 2.75) is 52.1 Å². The van der Waals surface area contributed by atoms with Crippen LogP contribution in [0, 0.1) is 30.9 Å². The zero-order valence-electron chi connectivity index (χ0n) is 20.7. The number of sulfonamides is 1. The molecule has 12 heteroatoms. The van der Waals surface area contributed by atoms with E-state index in [1.165, 1.54) is 12.1 Å². The number of amides is 1. The van der Waals surface area contributed by atoms with Gasteiger partial charge in [-0.25, -0.2) is 4.72 Å². The first-order valence-corrected chi connectivity index (χ1v) is 12.4. The van der Waals surface area contributed by atoms with Crippen LogP contribution in [0.25, 0.3) is 0 Å². The van der Waals surface area contributed by atoms with Crippen LogP contribution in [0.4, 0.5) is 11.6 Å². The summed E-state index contributed by atoms with van der Waals surface area (Å²) in [6.07, 6.45) is 0. The lowest BCUT2D eigenvalue weighted by Crippen LogP contribution is -2.32. The van der Waals surface area contributed by atoms with Gasteiger partial charge in [0.15, 0.2) is 0 Å². The summed E-state index contributed by atoms with van der Waals surface area (Å²) in [4.78, 5) is 31.2. The van der Waals surface area contributed by atoms with Gasteiger partial charge in [0.1, 0.15) is 17.1 Å². The van der Waals surface area contributed by atoms with Gasteiger partial charge >= 0.3 is 15.8 Å². The third kappa shape index (κ3) is 6.33. The van der Waals surface area contributed by atoms with E-state index in [1.54, 1.807) is 0 Å². The van der Waals surface area contributed by atoms with Gasteiger partial charge in [0, 0.05) is 17.7 Å². The van der Waals surface area contributed by atoms with Crippen molar-refractivity contribution in [2.24, 2.45) is 0 Å². The summed E-state index contributed by atoms with van der Waals surface area (Å²) >= 11 is 0. The number of anilines is 1. The number of carbonyl (C=O) groups excluding carboxylic acids is 1. The molecule has 1 aromatic carbocycles. The average Bonchev–Trinajstić information content (AvgIpc) is 2.75. The number of benzene rings is 1. The van der Waals surface area contributed by atoms with Crippen LogP contribution in [0.3, 0.4) is 0 Å². The summed E-state index contributed by atoms with van der Waals surface area (Å²) < 4.78 is 33.5. The van der Waals surface area contributed by atoms with Crippen LogP contribution >= 0.6 is 0 Å². The zero-order valence-corrected chi connectivity index (χ0v) is 21.6. The Labute approximate surface area is 209 Å². The third-order valence-electron chi connectivity index (χ3n) is 4.81. The second-order valence-corrected chi connectivity index (χ2v) is 10.9. The molecule has 1 amide bonds. The Morgan fingerprint density at radius 2 is 1.67 bits per heavy atom.